The molecule has 1 aliphatic heterocycles. The van der Waals surface area contributed by atoms with Gasteiger partial charge in [0, 0.05) is 11.4 Å². The number of aromatic amines is 1. The van der Waals surface area contributed by atoms with Gasteiger partial charge in [-0.25, -0.2) is 8.42 Å². The predicted octanol–water partition coefficient (Wildman–Crippen LogP) is 2.16. The molecule has 2 aromatic heterocycles. The molecule has 0 spiro atoms. The largest absolute Gasteiger partial charge is 0.352 e. The van der Waals surface area contributed by atoms with Crippen molar-refractivity contribution in [3.8, 4) is 0 Å². The molecule has 4 rings (SSSR count). The van der Waals surface area contributed by atoms with Crippen LogP contribution in [0.25, 0.3) is 10.2 Å². The van der Waals surface area contributed by atoms with Crippen molar-refractivity contribution in [2.24, 2.45) is 0 Å². The van der Waals surface area contributed by atoms with E-state index >= 15 is 0 Å². The summed E-state index contributed by atoms with van der Waals surface area (Å²) in [5, 5.41) is 8.07. The number of amides is 3. The van der Waals surface area contributed by atoms with Gasteiger partial charge in [0.1, 0.15) is 17.5 Å². The Hall–Kier alpha value is -3.18. The summed E-state index contributed by atoms with van der Waals surface area (Å²) in [5.74, 6) is -2.38. The van der Waals surface area contributed by atoms with Crippen molar-refractivity contribution in [1.82, 2.24) is 20.9 Å². The summed E-state index contributed by atoms with van der Waals surface area (Å²) in [7, 11) is -3.64. The van der Waals surface area contributed by atoms with Gasteiger partial charge in [-0.1, -0.05) is 38.1 Å². The van der Waals surface area contributed by atoms with E-state index in [2.05, 4.69) is 34.8 Å². The fourth-order valence-corrected chi connectivity index (χ4v) is 6.29. The summed E-state index contributed by atoms with van der Waals surface area (Å²) < 4.78 is 24.8. The van der Waals surface area contributed by atoms with Crippen LogP contribution in [0.15, 0.2) is 36.4 Å². The zero-order chi connectivity index (χ0) is 25.3. The fourth-order valence-electron chi connectivity index (χ4n) is 4.03. The highest BCUT2D eigenvalue weighted by Gasteiger charge is 2.34. The van der Waals surface area contributed by atoms with Crippen molar-refractivity contribution < 1.29 is 22.8 Å². The molecule has 1 fully saturated rings. The van der Waals surface area contributed by atoms with E-state index in [-0.39, 0.29) is 12.5 Å². The van der Waals surface area contributed by atoms with Crippen LogP contribution in [0.3, 0.4) is 0 Å². The van der Waals surface area contributed by atoms with E-state index in [0.29, 0.717) is 11.6 Å². The van der Waals surface area contributed by atoms with Crippen LogP contribution in [0, 0.1) is 6.92 Å². The number of hydrogen-bond donors (Lipinski definition) is 4. The fraction of sp³-hybridized carbons (Fsp3) is 0.375. The average Bonchev–Trinajstić information content (AvgIpc) is 3.32. The first-order chi connectivity index (χ1) is 16.5. The molecule has 9 nitrogen and oxygen atoms in total. The number of thiophene rings is 1. The molecular weight excluding hydrogens is 488 g/mol. The molecule has 4 N–H and O–H groups in total. The summed E-state index contributed by atoms with van der Waals surface area (Å²) in [4.78, 5) is 41.7. The number of carbonyl (C=O) groups is 3. The second kappa shape index (κ2) is 9.82. The number of sulfone groups is 1. The molecule has 3 aromatic rings. The first-order valence-electron chi connectivity index (χ1n) is 11.3. The molecule has 186 valence electrons. The Bertz CT molecular complexity index is 1340. The summed E-state index contributed by atoms with van der Waals surface area (Å²) >= 11 is 1.59. The van der Waals surface area contributed by atoms with Crippen molar-refractivity contribution in [2.45, 2.75) is 38.8 Å². The number of fused-ring (bicyclic) bond motifs is 1. The molecule has 3 amide bonds. The van der Waals surface area contributed by atoms with Gasteiger partial charge >= 0.3 is 0 Å². The zero-order valence-electron chi connectivity index (χ0n) is 19.7. The van der Waals surface area contributed by atoms with E-state index in [9.17, 15) is 22.8 Å². The number of H-pyrrole nitrogens is 1. The second-order valence-electron chi connectivity index (χ2n) is 9.09. The summed E-state index contributed by atoms with van der Waals surface area (Å²) in [6.07, 6.45) is 0. The van der Waals surface area contributed by atoms with Gasteiger partial charge in [-0.05, 0) is 36.1 Å². The van der Waals surface area contributed by atoms with Crippen molar-refractivity contribution in [2.75, 3.05) is 18.1 Å². The molecule has 11 heteroatoms. The summed E-state index contributed by atoms with van der Waals surface area (Å²) in [5.41, 5.74) is 3.22. The maximum Gasteiger partial charge on any atom is 0.268 e. The van der Waals surface area contributed by atoms with Gasteiger partial charge in [0.25, 0.3) is 5.91 Å². The summed E-state index contributed by atoms with van der Waals surface area (Å²) in [6, 6.07) is 9.77. The summed E-state index contributed by atoms with van der Waals surface area (Å²) in [6.45, 7) is 6.18. The van der Waals surface area contributed by atoms with Crippen LogP contribution in [-0.2, 0) is 19.4 Å². The van der Waals surface area contributed by atoms with Crippen LogP contribution in [0.2, 0.25) is 0 Å². The smallest absolute Gasteiger partial charge is 0.268 e. The number of rotatable bonds is 7. The Labute approximate surface area is 207 Å². The molecule has 0 aliphatic carbocycles. The normalized spacial score (nSPS) is 18.3. The minimum Gasteiger partial charge on any atom is -0.352 e. The maximum atomic E-state index is 13.0. The molecule has 35 heavy (non-hydrogen) atoms. The highest BCUT2D eigenvalue weighted by atomic mass is 32.2. The van der Waals surface area contributed by atoms with Gasteiger partial charge in [-0.2, -0.15) is 0 Å². The third-order valence-electron chi connectivity index (χ3n) is 5.89. The van der Waals surface area contributed by atoms with Crippen LogP contribution in [0.5, 0.6) is 0 Å². The van der Waals surface area contributed by atoms with Crippen molar-refractivity contribution >= 4 is 49.1 Å². The third kappa shape index (κ3) is 5.91. The van der Waals surface area contributed by atoms with E-state index in [1.807, 2.05) is 37.3 Å². The number of aromatic nitrogens is 1. The minimum absolute atomic E-state index is 0.0200. The lowest BCUT2D eigenvalue weighted by molar-refractivity contribution is -0.127. The van der Waals surface area contributed by atoms with Crippen molar-refractivity contribution in [3.63, 3.8) is 0 Å². The topological polar surface area (TPSA) is 137 Å². The molecule has 1 aromatic carbocycles. The predicted molar refractivity (Wildman–Crippen MR) is 135 cm³/mol. The van der Waals surface area contributed by atoms with Gasteiger partial charge < -0.3 is 20.9 Å². The number of carbonyl (C=O) groups excluding carboxylic acids is 3. The Morgan fingerprint density at radius 2 is 1.83 bits per heavy atom. The minimum atomic E-state index is -3.64. The molecule has 1 saturated heterocycles. The van der Waals surface area contributed by atoms with E-state index in [1.54, 1.807) is 17.4 Å². The molecule has 3 heterocycles. The Morgan fingerprint density at radius 3 is 2.46 bits per heavy atom. The molecule has 1 unspecified atom stereocenters. The molecule has 2 atom stereocenters. The third-order valence-corrected chi connectivity index (χ3v) is 8.43. The Kier molecular flexibility index (Phi) is 7.00. The van der Waals surface area contributed by atoms with Gasteiger partial charge in [0.2, 0.25) is 11.8 Å². The average molecular weight is 517 g/mol. The zero-order valence-corrected chi connectivity index (χ0v) is 21.3. The Morgan fingerprint density at radius 1 is 1.14 bits per heavy atom. The van der Waals surface area contributed by atoms with E-state index in [4.69, 9.17) is 0 Å². The molecule has 0 bridgehead atoms. The quantitative estimate of drug-likeness (QED) is 0.381. The lowest BCUT2D eigenvalue weighted by Crippen LogP contribution is -2.56. The molecule has 1 aliphatic rings. The maximum absolute atomic E-state index is 13.0. The van der Waals surface area contributed by atoms with Crippen LogP contribution in [-0.4, -0.2) is 55.2 Å². The number of benzene rings is 1. The molecule has 0 radical (unpaired) electrons. The van der Waals surface area contributed by atoms with Crippen LogP contribution in [0.4, 0.5) is 0 Å². The molecule has 0 saturated carbocycles. The standard InChI is InChI=1S/C24H28N4O5S2/c1-13(2)15-4-6-16(7-5-15)19(10-25-23(30)20-11-35(32,33)12-22(29)27-20)28-24(31)18-9-21-17(26-18)8-14(3)34-21/h4-9,13,19-20,26H,10-12H2,1-3H3,(H,25,30)(H,27,29)(H,28,31)/t19?,20-/m0/s1. The van der Waals surface area contributed by atoms with Crippen LogP contribution < -0.4 is 16.0 Å². The highest BCUT2D eigenvalue weighted by molar-refractivity contribution is 7.92. The first kappa shape index (κ1) is 24.9. The number of nitrogens with one attached hydrogen (secondary N) is 4. The van der Waals surface area contributed by atoms with Crippen molar-refractivity contribution in [1.29, 1.82) is 0 Å². The Balaban J connectivity index is 1.51. The van der Waals surface area contributed by atoms with Gasteiger partial charge in [0.05, 0.1) is 22.0 Å². The monoisotopic (exact) mass is 516 g/mol. The van der Waals surface area contributed by atoms with Gasteiger partial charge in [-0.15, -0.1) is 11.3 Å². The van der Waals surface area contributed by atoms with Crippen molar-refractivity contribution in [3.05, 3.63) is 58.1 Å². The number of hydrogen-bond acceptors (Lipinski definition) is 6. The van der Waals surface area contributed by atoms with E-state index in [0.717, 1.165) is 26.2 Å². The van der Waals surface area contributed by atoms with Gasteiger partial charge in [0.15, 0.2) is 9.84 Å². The van der Waals surface area contributed by atoms with E-state index in [1.165, 1.54) is 0 Å². The van der Waals surface area contributed by atoms with Crippen LogP contribution in [0.1, 0.15) is 52.3 Å². The molecular formula is C24H28N4O5S2. The lowest BCUT2D eigenvalue weighted by Gasteiger charge is -2.25. The lowest BCUT2D eigenvalue weighted by atomic mass is 9.99. The first-order valence-corrected chi connectivity index (χ1v) is 13.9. The van der Waals surface area contributed by atoms with Gasteiger partial charge in [-0.3, -0.25) is 14.4 Å². The van der Waals surface area contributed by atoms with E-state index < -0.39 is 45.2 Å². The van der Waals surface area contributed by atoms with Crippen LogP contribution >= 0.6 is 11.3 Å². The SMILES string of the molecule is Cc1cc2[nH]c(C(=O)NC(CNC(=O)[C@@H]3CS(=O)(=O)CC(=O)N3)c3ccc(C(C)C)cc3)cc2s1. The highest BCUT2D eigenvalue weighted by Crippen LogP contribution is 2.26. The second-order valence-corrected chi connectivity index (χ2v) is 12.5. The number of aryl methyl sites for hydroxylation is 1.